The van der Waals surface area contributed by atoms with Crippen molar-refractivity contribution >= 4 is 79.4 Å². The molecule has 1 heterocycles. The summed E-state index contributed by atoms with van der Waals surface area (Å²) in [6.07, 6.45) is 1.87. The van der Waals surface area contributed by atoms with Gasteiger partial charge in [-0.1, -0.05) is 65.9 Å². The lowest BCUT2D eigenvalue weighted by molar-refractivity contribution is -0.122. The molecular weight excluding hydrogens is 468 g/mol. The lowest BCUT2D eigenvalue weighted by Gasteiger charge is -2.14. The lowest BCUT2D eigenvalue weighted by Crippen LogP contribution is -2.31. The Hall–Kier alpha value is -1.67. The van der Waals surface area contributed by atoms with Gasteiger partial charge < -0.3 is 5.32 Å². The van der Waals surface area contributed by atoms with E-state index in [1.165, 1.54) is 16.7 Å². The molecule has 2 amide bonds. The minimum Gasteiger partial charge on any atom is -0.325 e. The molecule has 0 radical (unpaired) electrons. The number of benzene rings is 2. The minimum atomic E-state index is -0.210. The van der Waals surface area contributed by atoms with E-state index < -0.39 is 0 Å². The number of thiocarbonyl (C=S) groups is 1. The third-order valence-corrected chi connectivity index (χ3v) is 6.19. The molecule has 138 valence electrons. The van der Waals surface area contributed by atoms with Gasteiger partial charge in [0.2, 0.25) is 5.91 Å². The Morgan fingerprint density at radius 1 is 1.22 bits per heavy atom. The van der Waals surface area contributed by atoms with E-state index in [1.807, 2.05) is 36.4 Å². The highest BCUT2D eigenvalue weighted by atomic mass is 79.9. The van der Waals surface area contributed by atoms with Crippen LogP contribution in [0.25, 0.3) is 6.08 Å². The summed E-state index contributed by atoms with van der Waals surface area (Å²) in [5.41, 5.74) is 1.44. The molecule has 4 nitrogen and oxygen atoms in total. The molecule has 1 fully saturated rings. The molecule has 1 N–H and O–H groups in total. The molecule has 27 heavy (non-hydrogen) atoms. The van der Waals surface area contributed by atoms with Crippen molar-refractivity contribution in [2.24, 2.45) is 0 Å². The molecule has 1 aliphatic heterocycles. The zero-order valence-corrected chi connectivity index (χ0v) is 17.9. The number of rotatable bonds is 5. The molecule has 0 unspecified atom stereocenters. The number of hydrogen-bond acceptors (Lipinski definition) is 4. The quantitative estimate of drug-likeness (QED) is 0.463. The Kier molecular flexibility index (Phi) is 6.70. The monoisotopic (exact) mass is 480 g/mol. The molecule has 1 aliphatic rings. The number of halogens is 2. The molecule has 2 aromatic carbocycles. The van der Waals surface area contributed by atoms with Gasteiger partial charge >= 0.3 is 0 Å². The van der Waals surface area contributed by atoms with E-state index in [4.69, 9.17) is 23.8 Å². The Labute approximate surface area is 180 Å². The number of nitrogens with zero attached hydrogens (tertiary/aromatic N) is 1. The van der Waals surface area contributed by atoms with Gasteiger partial charge in [-0.3, -0.25) is 14.5 Å². The minimum absolute atomic E-state index is 0.146. The normalized spacial score (nSPS) is 15.5. The van der Waals surface area contributed by atoms with Crippen molar-refractivity contribution in [3.63, 3.8) is 0 Å². The topological polar surface area (TPSA) is 49.4 Å². The first-order chi connectivity index (χ1) is 13.0. The number of anilines is 1. The van der Waals surface area contributed by atoms with Crippen LogP contribution in [0.1, 0.15) is 12.0 Å². The number of carbonyl (C=O) groups excluding carboxylic acids is 2. The first-order valence-corrected chi connectivity index (χ1v) is 10.4. The third-order valence-electron chi connectivity index (χ3n) is 3.78. The van der Waals surface area contributed by atoms with Gasteiger partial charge in [0.05, 0.1) is 10.6 Å². The van der Waals surface area contributed by atoms with Crippen LogP contribution >= 0.6 is 51.5 Å². The highest BCUT2D eigenvalue weighted by Crippen LogP contribution is 2.33. The third kappa shape index (κ3) is 4.99. The lowest BCUT2D eigenvalue weighted by atomic mass is 10.2. The Balaban J connectivity index is 1.63. The number of amides is 2. The average Bonchev–Trinajstić information content (AvgIpc) is 2.90. The zero-order chi connectivity index (χ0) is 19.4. The van der Waals surface area contributed by atoms with Gasteiger partial charge in [0.15, 0.2) is 0 Å². The largest absolute Gasteiger partial charge is 0.325 e. The van der Waals surface area contributed by atoms with E-state index in [0.29, 0.717) is 19.9 Å². The summed E-state index contributed by atoms with van der Waals surface area (Å²) < 4.78 is 1.23. The van der Waals surface area contributed by atoms with Crippen LogP contribution in [0.3, 0.4) is 0 Å². The van der Waals surface area contributed by atoms with Gasteiger partial charge in [-0.15, -0.1) is 0 Å². The van der Waals surface area contributed by atoms with E-state index in [2.05, 4.69) is 21.2 Å². The molecule has 3 rings (SSSR count). The van der Waals surface area contributed by atoms with Crippen molar-refractivity contribution in [1.29, 1.82) is 0 Å². The maximum absolute atomic E-state index is 12.6. The van der Waals surface area contributed by atoms with Crippen LogP contribution in [-0.2, 0) is 9.59 Å². The highest BCUT2D eigenvalue weighted by molar-refractivity contribution is 9.10. The second-order valence-electron chi connectivity index (χ2n) is 5.63. The Morgan fingerprint density at radius 3 is 2.67 bits per heavy atom. The summed E-state index contributed by atoms with van der Waals surface area (Å²) in [6, 6.07) is 14.6. The molecular formula is C19H14BrClN2O2S2. The summed E-state index contributed by atoms with van der Waals surface area (Å²) in [6.45, 7) is 0.223. The van der Waals surface area contributed by atoms with E-state index in [9.17, 15) is 9.59 Å². The summed E-state index contributed by atoms with van der Waals surface area (Å²) >= 11 is 16.0. The van der Waals surface area contributed by atoms with Crippen LogP contribution < -0.4 is 5.32 Å². The number of carbonyl (C=O) groups is 2. The second-order valence-corrected chi connectivity index (χ2v) is 8.57. The highest BCUT2D eigenvalue weighted by Gasteiger charge is 2.32. The first-order valence-electron chi connectivity index (χ1n) is 8.00. The van der Waals surface area contributed by atoms with Crippen molar-refractivity contribution < 1.29 is 9.59 Å². The summed E-state index contributed by atoms with van der Waals surface area (Å²) in [5.74, 6) is -0.398. The molecule has 8 heteroatoms. The van der Waals surface area contributed by atoms with Crippen LogP contribution in [0.5, 0.6) is 0 Å². The van der Waals surface area contributed by atoms with Crippen molar-refractivity contribution in [1.82, 2.24) is 4.90 Å². The second kappa shape index (κ2) is 9.01. The molecule has 0 atom stereocenters. The van der Waals surface area contributed by atoms with Crippen molar-refractivity contribution in [3.8, 4) is 0 Å². The SMILES string of the molecule is O=C(CCN1C(=O)C(=Cc2ccccc2Cl)SC1=S)Nc1ccccc1Br. The molecule has 0 spiro atoms. The Bertz CT molecular complexity index is 949. The molecule has 0 bridgehead atoms. The van der Waals surface area contributed by atoms with Crippen molar-refractivity contribution in [3.05, 3.63) is 68.5 Å². The summed E-state index contributed by atoms with van der Waals surface area (Å²) in [5, 5.41) is 3.38. The van der Waals surface area contributed by atoms with Gasteiger partial charge in [-0.2, -0.15) is 0 Å². The van der Waals surface area contributed by atoms with Crippen LogP contribution in [0.4, 0.5) is 5.69 Å². The van der Waals surface area contributed by atoms with Gasteiger partial charge in [0, 0.05) is 22.5 Å². The first kappa shape index (κ1) is 20.1. The standard InChI is InChI=1S/C19H14BrClN2O2S2/c20-13-6-2-4-8-15(13)22-17(24)9-10-23-18(25)16(27-19(23)26)11-12-5-1-3-7-14(12)21/h1-8,11H,9-10H2,(H,22,24). The summed E-state index contributed by atoms with van der Waals surface area (Å²) in [7, 11) is 0. The van der Waals surface area contributed by atoms with Gasteiger partial charge in [-0.25, -0.2) is 0 Å². The van der Waals surface area contributed by atoms with Crippen molar-refractivity contribution in [2.45, 2.75) is 6.42 Å². The predicted molar refractivity (Wildman–Crippen MR) is 119 cm³/mol. The van der Waals surface area contributed by atoms with Crippen LogP contribution in [-0.4, -0.2) is 27.6 Å². The van der Waals surface area contributed by atoms with Gasteiger partial charge in [-0.05, 0) is 45.8 Å². The fraction of sp³-hybridized carbons (Fsp3) is 0.105. The van der Waals surface area contributed by atoms with Crippen LogP contribution in [0.15, 0.2) is 57.9 Å². The average molecular weight is 482 g/mol. The fourth-order valence-corrected chi connectivity index (χ4v) is 4.29. The zero-order valence-electron chi connectivity index (χ0n) is 13.9. The van der Waals surface area contributed by atoms with E-state index in [1.54, 1.807) is 18.2 Å². The number of nitrogens with one attached hydrogen (secondary N) is 1. The molecule has 0 aliphatic carbocycles. The van der Waals surface area contributed by atoms with E-state index in [0.717, 1.165) is 10.0 Å². The van der Waals surface area contributed by atoms with Gasteiger partial charge in [0.25, 0.3) is 5.91 Å². The fourth-order valence-electron chi connectivity index (χ4n) is 2.41. The molecule has 0 aromatic heterocycles. The summed E-state index contributed by atoms with van der Waals surface area (Å²) in [4.78, 5) is 26.8. The number of para-hydroxylation sites is 1. The molecule has 2 aromatic rings. The molecule has 1 saturated heterocycles. The van der Waals surface area contributed by atoms with E-state index in [-0.39, 0.29) is 24.8 Å². The smallest absolute Gasteiger partial charge is 0.266 e. The van der Waals surface area contributed by atoms with Crippen LogP contribution in [0.2, 0.25) is 5.02 Å². The van der Waals surface area contributed by atoms with Crippen LogP contribution in [0, 0.1) is 0 Å². The van der Waals surface area contributed by atoms with Gasteiger partial charge in [0.1, 0.15) is 4.32 Å². The number of thioether (sulfide) groups is 1. The van der Waals surface area contributed by atoms with E-state index >= 15 is 0 Å². The number of hydrogen-bond donors (Lipinski definition) is 1. The Morgan fingerprint density at radius 2 is 1.93 bits per heavy atom. The molecule has 0 saturated carbocycles. The predicted octanol–water partition coefficient (Wildman–Crippen LogP) is 5.33. The maximum atomic E-state index is 12.6. The van der Waals surface area contributed by atoms with Crippen molar-refractivity contribution in [2.75, 3.05) is 11.9 Å². The maximum Gasteiger partial charge on any atom is 0.266 e.